The lowest BCUT2D eigenvalue weighted by Crippen LogP contribution is -2.30. The molecule has 1 atom stereocenters. The third-order valence-corrected chi connectivity index (χ3v) is 7.46. The zero-order chi connectivity index (χ0) is 23.5. The molecular weight excluding hydrogens is 436 g/mol. The van der Waals surface area contributed by atoms with E-state index in [0.29, 0.717) is 46.3 Å². The lowest BCUT2D eigenvalue weighted by atomic mass is 9.91. The van der Waals surface area contributed by atoms with Crippen LogP contribution in [-0.2, 0) is 16.0 Å². The number of likely N-dealkylation sites (N-methyl/N-ethyl adjacent to an activating group) is 1. The number of hydrogen-bond acceptors (Lipinski definition) is 8. The Morgan fingerprint density at radius 2 is 1.94 bits per heavy atom. The second-order valence-corrected chi connectivity index (χ2v) is 9.46. The molecule has 1 N–H and O–H groups in total. The van der Waals surface area contributed by atoms with Gasteiger partial charge < -0.3 is 15.1 Å². The smallest absolute Gasteiger partial charge is 0.292 e. The van der Waals surface area contributed by atoms with Crippen LogP contribution in [-0.4, -0.2) is 60.6 Å². The van der Waals surface area contributed by atoms with Gasteiger partial charge in [-0.25, -0.2) is 4.98 Å². The van der Waals surface area contributed by atoms with Crippen LogP contribution in [0.15, 0.2) is 28.4 Å². The molecule has 0 spiro atoms. The Morgan fingerprint density at radius 1 is 1.15 bits per heavy atom. The maximum Gasteiger partial charge on any atom is 0.292 e. The summed E-state index contributed by atoms with van der Waals surface area (Å²) in [5, 5.41) is 23.1. The molecule has 1 amide bonds. The first-order valence-corrected chi connectivity index (χ1v) is 12.1. The third-order valence-electron chi connectivity index (χ3n) is 6.38. The summed E-state index contributed by atoms with van der Waals surface area (Å²) in [7, 11) is 2.09. The minimum atomic E-state index is -0.547. The van der Waals surface area contributed by atoms with Crippen LogP contribution in [0, 0.1) is 28.6 Å². The zero-order valence-electron chi connectivity index (χ0n) is 18.8. The Labute approximate surface area is 197 Å². The molecule has 0 bridgehead atoms. The number of hydrogen-bond donors (Lipinski definition) is 1. The van der Waals surface area contributed by atoms with Crippen LogP contribution in [0.1, 0.15) is 36.5 Å². The number of nitrogens with one attached hydrogen (secondary N) is 1. The molecule has 2 fully saturated rings. The topological polar surface area (TPSA) is 113 Å². The van der Waals surface area contributed by atoms with Crippen molar-refractivity contribution < 1.29 is 9.59 Å². The molecule has 170 valence electrons. The van der Waals surface area contributed by atoms with Crippen LogP contribution in [0.3, 0.4) is 0 Å². The van der Waals surface area contributed by atoms with Crippen LogP contribution in [0.5, 0.6) is 0 Å². The molecule has 8 nitrogen and oxygen atoms in total. The van der Waals surface area contributed by atoms with Gasteiger partial charge in [-0.15, -0.1) is 11.8 Å². The van der Waals surface area contributed by atoms with E-state index in [9.17, 15) is 20.1 Å². The highest BCUT2D eigenvalue weighted by Crippen LogP contribution is 2.35. The van der Waals surface area contributed by atoms with Crippen LogP contribution >= 0.6 is 11.8 Å². The van der Waals surface area contributed by atoms with Crippen molar-refractivity contribution in [1.29, 1.82) is 10.5 Å². The summed E-state index contributed by atoms with van der Waals surface area (Å²) in [6.07, 6.45) is 5.76. The molecule has 0 aromatic carbocycles. The van der Waals surface area contributed by atoms with Gasteiger partial charge in [0.1, 0.15) is 23.0 Å². The van der Waals surface area contributed by atoms with Gasteiger partial charge >= 0.3 is 0 Å². The van der Waals surface area contributed by atoms with E-state index in [1.54, 1.807) is 6.08 Å². The Kier molecular flexibility index (Phi) is 6.83. The molecule has 2 aliphatic heterocycles. The molecule has 0 radical (unpaired) electrons. The van der Waals surface area contributed by atoms with Crippen molar-refractivity contribution in [3.63, 3.8) is 0 Å². The van der Waals surface area contributed by atoms with Crippen LogP contribution in [0.2, 0.25) is 0 Å². The second kappa shape index (κ2) is 9.78. The monoisotopic (exact) mass is 462 g/mol. The van der Waals surface area contributed by atoms with Crippen LogP contribution in [0.4, 0.5) is 5.82 Å². The Balaban J connectivity index is 1.63. The number of pyridine rings is 1. The van der Waals surface area contributed by atoms with E-state index in [1.807, 2.05) is 13.0 Å². The fourth-order valence-electron chi connectivity index (χ4n) is 4.52. The predicted molar refractivity (Wildman–Crippen MR) is 126 cm³/mol. The largest absolute Gasteiger partial charge is 0.354 e. The summed E-state index contributed by atoms with van der Waals surface area (Å²) < 4.78 is 0. The molecule has 9 heteroatoms. The van der Waals surface area contributed by atoms with E-state index in [0.717, 1.165) is 43.7 Å². The zero-order valence-corrected chi connectivity index (χ0v) is 19.7. The summed E-state index contributed by atoms with van der Waals surface area (Å²) in [5.74, 6) is -0.159. The van der Waals surface area contributed by atoms with E-state index in [4.69, 9.17) is 4.98 Å². The van der Waals surface area contributed by atoms with E-state index >= 15 is 0 Å². The van der Waals surface area contributed by atoms with Gasteiger partial charge in [0, 0.05) is 31.1 Å². The minimum Gasteiger partial charge on any atom is -0.354 e. The summed E-state index contributed by atoms with van der Waals surface area (Å²) in [6.45, 7) is 5.44. The molecule has 0 saturated carbocycles. The number of amides is 1. The number of carbonyl (C=O) groups excluding carboxylic acids is 2. The first kappa shape index (κ1) is 23.0. The maximum absolute atomic E-state index is 12.1. The third kappa shape index (κ3) is 4.52. The van der Waals surface area contributed by atoms with Crippen molar-refractivity contribution in [2.24, 2.45) is 5.92 Å². The SMILES string of the molecule is CCc1c(C#N)c(SCC2=CC=C3NC(=O)C(=O)C3C2)nc(N2CCCN(C)CC2)c1C#N. The number of nitriles is 2. The lowest BCUT2D eigenvalue weighted by Gasteiger charge is -2.25. The number of allylic oxidation sites excluding steroid dienone is 3. The van der Waals surface area contributed by atoms with E-state index in [1.165, 1.54) is 11.8 Å². The van der Waals surface area contributed by atoms with Crippen molar-refractivity contribution in [1.82, 2.24) is 15.2 Å². The van der Waals surface area contributed by atoms with Gasteiger partial charge in [0.25, 0.3) is 5.91 Å². The van der Waals surface area contributed by atoms with Crippen molar-refractivity contribution in [2.75, 3.05) is 43.9 Å². The molecule has 1 aliphatic carbocycles. The molecular formula is C24H26N6O2S. The number of nitrogens with zero attached hydrogens (tertiary/aromatic N) is 5. The number of Topliss-reactive ketones (excluding diaryl/α,β-unsaturated/α-hetero) is 1. The first-order chi connectivity index (χ1) is 16.0. The highest BCUT2D eigenvalue weighted by molar-refractivity contribution is 7.99. The highest BCUT2D eigenvalue weighted by atomic mass is 32.2. The highest BCUT2D eigenvalue weighted by Gasteiger charge is 2.38. The standard InChI is InChI=1S/C24H26N6O2S/c1-3-16-18(12-25)22(30-8-4-7-29(2)9-10-30)28-24(19(16)13-26)33-14-15-5-6-20-17(11-15)21(31)23(32)27-20/h5-6,17H,3-4,7-11,14H2,1-2H3,(H,27,32). The lowest BCUT2D eigenvalue weighted by molar-refractivity contribution is -0.136. The van der Waals surface area contributed by atoms with Gasteiger partial charge in [0.15, 0.2) is 0 Å². The number of aromatic nitrogens is 1. The van der Waals surface area contributed by atoms with E-state index in [-0.39, 0.29) is 0 Å². The maximum atomic E-state index is 12.1. The molecule has 33 heavy (non-hydrogen) atoms. The van der Waals surface area contributed by atoms with Gasteiger partial charge in [-0.05, 0) is 44.5 Å². The molecule has 3 heterocycles. The summed E-state index contributed by atoms with van der Waals surface area (Å²) in [6, 6.07) is 4.59. The van der Waals surface area contributed by atoms with E-state index in [2.05, 4.69) is 34.3 Å². The predicted octanol–water partition coefficient (Wildman–Crippen LogP) is 2.15. The second-order valence-electron chi connectivity index (χ2n) is 8.50. The minimum absolute atomic E-state index is 0.396. The Morgan fingerprint density at radius 3 is 2.67 bits per heavy atom. The van der Waals surface area contributed by atoms with Crippen molar-refractivity contribution in [3.05, 3.63) is 40.1 Å². The van der Waals surface area contributed by atoms with Crippen molar-refractivity contribution in [3.8, 4) is 12.1 Å². The average molecular weight is 463 g/mol. The molecule has 1 aromatic heterocycles. The normalized spacial score (nSPS) is 20.8. The molecule has 1 unspecified atom stereocenters. The fraction of sp³-hybridized carbons (Fsp3) is 0.458. The molecule has 1 aromatic rings. The summed E-state index contributed by atoms with van der Waals surface area (Å²) >= 11 is 1.45. The number of anilines is 1. The van der Waals surface area contributed by atoms with Gasteiger partial charge in [-0.3, -0.25) is 9.59 Å². The van der Waals surface area contributed by atoms with Crippen molar-refractivity contribution >= 4 is 29.3 Å². The number of rotatable bonds is 5. The first-order valence-electron chi connectivity index (χ1n) is 11.1. The quantitative estimate of drug-likeness (QED) is 0.523. The van der Waals surface area contributed by atoms with Gasteiger partial charge in [0.2, 0.25) is 5.78 Å². The van der Waals surface area contributed by atoms with Crippen molar-refractivity contribution in [2.45, 2.75) is 31.2 Å². The number of thioether (sulfide) groups is 1. The Bertz CT molecular complexity index is 1140. The Hall–Kier alpha value is -3.14. The van der Waals surface area contributed by atoms with Gasteiger partial charge in [-0.1, -0.05) is 18.6 Å². The molecule has 2 saturated heterocycles. The number of ketones is 1. The number of carbonyl (C=O) groups is 2. The number of fused-ring (bicyclic) bond motifs is 1. The van der Waals surface area contributed by atoms with Crippen LogP contribution in [0.25, 0.3) is 0 Å². The average Bonchev–Trinajstić information content (AvgIpc) is 2.97. The van der Waals surface area contributed by atoms with E-state index < -0.39 is 17.6 Å². The fourth-order valence-corrected chi connectivity index (χ4v) is 5.52. The molecule has 4 rings (SSSR count). The molecule has 3 aliphatic rings. The van der Waals surface area contributed by atoms with Crippen LogP contribution < -0.4 is 10.2 Å². The summed E-state index contributed by atoms with van der Waals surface area (Å²) in [4.78, 5) is 33.0. The van der Waals surface area contributed by atoms with Gasteiger partial charge in [0.05, 0.1) is 17.0 Å². The summed E-state index contributed by atoms with van der Waals surface area (Å²) in [5.41, 5.74) is 3.37. The van der Waals surface area contributed by atoms with Gasteiger partial charge in [-0.2, -0.15) is 10.5 Å².